The second-order valence-corrected chi connectivity index (χ2v) is 6.61. The van der Waals surface area contributed by atoms with Gasteiger partial charge in [-0.3, -0.25) is 24.8 Å². The number of nitrogens with one attached hydrogen (secondary N) is 4. The van der Waals surface area contributed by atoms with E-state index in [-0.39, 0.29) is 37.6 Å². The van der Waals surface area contributed by atoms with Crippen molar-refractivity contribution in [1.82, 2.24) is 21.6 Å². The molecule has 0 radical (unpaired) electrons. The lowest BCUT2D eigenvalue weighted by Crippen LogP contribution is -2.32. The maximum absolute atomic E-state index is 12.7. The molecule has 3 aromatic rings. The van der Waals surface area contributed by atoms with Gasteiger partial charge in [0, 0.05) is 23.1 Å². The topological polar surface area (TPSA) is 162 Å². The summed E-state index contributed by atoms with van der Waals surface area (Å²) in [5.74, 6) is -1.07. The molecule has 3 rings (SSSR count). The first-order valence-electron chi connectivity index (χ1n) is 9.63. The number of benzene rings is 2. The average molecular weight is 442 g/mol. The largest absolute Gasteiger partial charge is 0.492 e. The Morgan fingerprint density at radius 1 is 0.938 bits per heavy atom. The van der Waals surface area contributed by atoms with Gasteiger partial charge in [-0.1, -0.05) is 18.2 Å². The summed E-state index contributed by atoms with van der Waals surface area (Å²) in [7, 11) is 0. The van der Waals surface area contributed by atoms with Crippen molar-refractivity contribution in [3.05, 3.63) is 65.4 Å². The van der Waals surface area contributed by atoms with Gasteiger partial charge in [0.05, 0.1) is 13.1 Å². The molecule has 0 bridgehead atoms. The van der Waals surface area contributed by atoms with Crippen LogP contribution in [0.4, 0.5) is 0 Å². The van der Waals surface area contributed by atoms with Crippen molar-refractivity contribution in [2.75, 3.05) is 19.7 Å². The van der Waals surface area contributed by atoms with Crippen LogP contribution in [0.2, 0.25) is 0 Å². The van der Waals surface area contributed by atoms with E-state index in [9.17, 15) is 14.4 Å². The van der Waals surface area contributed by atoms with Crippen LogP contribution in [0.3, 0.4) is 0 Å². The van der Waals surface area contributed by atoms with Gasteiger partial charge in [0.2, 0.25) is 0 Å². The summed E-state index contributed by atoms with van der Waals surface area (Å²) in [6.07, 6.45) is 0. The lowest BCUT2D eigenvalue weighted by atomic mass is 10.1. The summed E-state index contributed by atoms with van der Waals surface area (Å²) < 4.78 is 11.2. The predicted molar refractivity (Wildman–Crippen MR) is 111 cm³/mol. The Bertz CT molecular complexity index is 1100. The van der Waals surface area contributed by atoms with E-state index in [1.807, 2.05) is 12.1 Å². The van der Waals surface area contributed by atoms with Crippen molar-refractivity contribution in [1.29, 1.82) is 0 Å². The third kappa shape index (κ3) is 5.60. The van der Waals surface area contributed by atoms with Gasteiger partial charge >= 0.3 is 0 Å². The highest BCUT2D eigenvalue weighted by Gasteiger charge is 2.20. The molecule has 168 valence electrons. The molecule has 0 atom stereocenters. The third-order valence-corrected chi connectivity index (χ3v) is 4.49. The number of fused-ring (bicyclic) bond motifs is 1. The minimum Gasteiger partial charge on any atom is -0.492 e. The molecule has 0 aliphatic carbocycles. The van der Waals surface area contributed by atoms with Crippen molar-refractivity contribution < 1.29 is 34.0 Å². The molecule has 0 fully saturated rings. The molecule has 3 amide bonds. The summed E-state index contributed by atoms with van der Waals surface area (Å²) in [4.78, 5) is 35.2. The summed E-state index contributed by atoms with van der Waals surface area (Å²) in [6.45, 7) is 0.400. The highest BCUT2D eigenvalue weighted by Crippen LogP contribution is 2.25. The van der Waals surface area contributed by atoms with Crippen LogP contribution in [0, 0.1) is 0 Å². The number of rotatable bonds is 10. The van der Waals surface area contributed by atoms with Gasteiger partial charge in [0.25, 0.3) is 17.7 Å². The molecule has 0 unspecified atom stereocenters. The zero-order valence-electron chi connectivity index (χ0n) is 16.9. The average Bonchev–Trinajstić information content (AvgIpc) is 3.20. The fourth-order valence-electron chi connectivity index (χ4n) is 2.98. The molecule has 6 N–H and O–H groups in total. The third-order valence-electron chi connectivity index (χ3n) is 4.49. The number of hydrogen-bond donors (Lipinski definition) is 6. The summed E-state index contributed by atoms with van der Waals surface area (Å²) in [6, 6.07) is 13.3. The summed E-state index contributed by atoms with van der Waals surface area (Å²) in [5, 5.41) is 23.5. The first-order valence-corrected chi connectivity index (χ1v) is 9.63. The summed E-state index contributed by atoms with van der Waals surface area (Å²) in [5.41, 5.74) is 4.47. The Labute approximate surface area is 182 Å². The Kier molecular flexibility index (Phi) is 7.75. The zero-order chi connectivity index (χ0) is 22.9. The maximum atomic E-state index is 12.7. The van der Waals surface area contributed by atoms with Gasteiger partial charge in [0.1, 0.15) is 17.9 Å². The molecule has 0 aliphatic heterocycles. The van der Waals surface area contributed by atoms with Crippen molar-refractivity contribution in [2.24, 2.45) is 0 Å². The van der Waals surface area contributed by atoms with Crippen LogP contribution < -0.4 is 26.3 Å². The van der Waals surface area contributed by atoms with E-state index in [2.05, 4.69) is 10.6 Å². The van der Waals surface area contributed by atoms with Crippen LogP contribution >= 0.6 is 0 Å². The molecular weight excluding hydrogens is 420 g/mol. The monoisotopic (exact) mass is 442 g/mol. The van der Waals surface area contributed by atoms with E-state index in [0.717, 1.165) is 5.39 Å². The van der Waals surface area contributed by atoms with Crippen LogP contribution in [-0.4, -0.2) is 47.8 Å². The number of furan rings is 1. The minimum atomic E-state index is -0.628. The number of carbonyl (C=O) groups is 3. The molecule has 11 nitrogen and oxygen atoms in total. The van der Waals surface area contributed by atoms with E-state index < -0.39 is 17.7 Å². The number of hydrogen-bond acceptors (Lipinski definition) is 8. The van der Waals surface area contributed by atoms with Gasteiger partial charge < -0.3 is 19.8 Å². The molecule has 1 heterocycles. The lowest BCUT2D eigenvalue weighted by Gasteiger charge is -2.09. The normalized spacial score (nSPS) is 10.6. The first kappa shape index (κ1) is 22.7. The fraction of sp³-hybridized carbons (Fsp3) is 0.190. The molecule has 0 saturated carbocycles. The van der Waals surface area contributed by atoms with E-state index >= 15 is 0 Å². The Morgan fingerprint density at radius 2 is 1.69 bits per heavy atom. The van der Waals surface area contributed by atoms with Gasteiger partial charge in [-0.2, -0.15) is 0 Å². The Hall–Kier alpha value is -3.93. The summed E-state index contributed by atoms with van der Waals surface area (Å²) >= 11 is 0. The quantitative estimate of drug-likeness (QED) is 0.154. The predicted octanol–water partition coefficient (Wildman–Crippen LogP) is 0.956. The van der Waals surface area contributed by atoms with Gasteiger partial charge in [-0.15, -0.1) is 0 Å². The zero-order valence-corrected chi connectivity index (χ0v) is 16.9. The standard InChI is InChI=1S/C21H22N4O7/c26-18(24-29)12-22-11-16-15-3-1-2-4-17(15)32-19(16)21(28)23-9-10-31-14-7-5-13(6-8-14)20(27)25-30/h1-8,22,29-30H,9-12H2,(H,23,28)(H,24,26)(H,25,27). The molecule has 11 heteroatoms. The van der Waals surface area contributed by atoms with E-state index in [0.29, 0.717) is 16.9 Å². The van der Waals surface area contributed by atoms with Crippen molar-refractivity contribution in [2.45, 2.75) is 6.54 Å². The molecule has 32 heavy (non-hydrogen) atoms. The van der Waals surface area contributed by atoms with Crippen LogP contribution in [0.5, 0.6) is 5.75 Å². The SMILES string of the molecule is O=C(CNCc1c(C(=O)NCCOc2ccc(C(=O)NO)cc2)oc2ccccc12)NO. The minimum absolute atomic E-state index is 0.113. The fourth-order valence-corrected chi connectivity index (χ4v) is 2.98. The van der Waals surface area contributed by atoms with Crippen LogP contribution in [-0.2, 0) is 11.3 Å². The van der Waals surface area contributed by atoms with Crippen molar-refractivity contribution >= 4 is 28.7 Å². The number of ether oxygens (including phenoxy) is 1. The number of para-hydroxylation sites is 1. The van der Waals surface area contributed by atoms with E-state index in [4.69, 9.17) is 19.6 Å². The van der Waals surface area contributed by atoms with Crippen LogP contribution in [0.15, 0.2) is 52.9 Å². The van der Waals surface area contributed by atoms with Gasteiger partial charge in [-0.05, 0) is 30.3 Å². The molecule has 0 spiro atoms. The van der Waals surface area contributed by atoms with E-state index in [1.165, 1.54) is 17.6 Å². The molecule has 2 aromatic carbocycles. The van der Waals surface area contributed by atoms with E-state index in [1.54, 1.807) is 29.7 Å². The number of hydroxylamine groups is 2. The Balaban J connectivity index is 1.58. The van der Waals surface area contributed by atoms with Crippen molar-refractivity contribution in [3.63, 3.8) is 0 Å². The second-order valence-electron chi connectivity index (χ2n) is 6.61. The molecule has 1 aromatic heterocycles. The number of carbonyl (C=O) groups excluding carboxylic acids is 3. The molecular formula is C21H22N4O7. The van der Waals surface area contributed by atoms with Gasteiger partial charge in [-0.25, -0.2) is 11.0 Å². The lowest BCUT2D eigenvalue weighted by molar-refractivity contribution is -0.128. The van der Waals surface area contributed by atoms with Gasteiger partial charge in [0.15, 0.2) is 5.76 Å². The van der Waals surface area contributed by atoms with Crippen LogP contribution in [0.1, 0.15) is 26.5 Å². The number of amides is 3. The molecule has 0 saturated heterocycles. The van der Waals surface area contributed by atoms with Crippen LogP contribution in [0.25, 0.3) is 11.0 Å². The highest BCUT2D eigenvalue weighted by atomic mass is 16.5. The highest BCUT2D eigenvalue weighted by molar-refractivity contribution is 5.99. The van der Waals surface area contributed by atoms with Crippen molar-refractivity contribution in [3.8, 4) is 5.75 Å². The Morgan fingerprint density at radius 3 is 2.41 bits per heavy atom. The second kappa shape index (κ2) is 10.9. The smallest absolute Gasteiger partial charge is 0.287 e. The molecule has 0 aliphatic rings. The maximum Gasteiger partial charge on any atom is 0.287 e. The first-order chi connectivity index (χ1) is 15.5.